The summed E-state index contributed by atoms with van der Waals surface area (Å²) >= 11 is 1.70. The van der Waals surface area contributed by atoms with Crippen LogP contribution in [-0.4, -0.2) is 30.8 Å². The Morgan fingerprint density at radius 1 is 1.04 bits per heavy atom. The Morgan fingerprint density at radius 2 is 1.75 bits per heavy atom. The van der Waals surface area contributed by atoms with Gasteiger partial charge in [-0.25, -0.2) is 4.99 Å². The molecule has 6 heteroatoms. The summed E-state index contributed by atoms with van der Waals surface area (Å²) in [7, 11) is 1.68. The van der Waals surface area contributed by atoms with Gasteiger partial charge in [0, 0.05) is 12.0 Å². The zero-order valence-corrected chi connectivity index (χ0v) is 16.7. The number of benzene rings is 2. The molecule has 0 saturated carbocycles. The predicted octanol–water partition coefficient (Wildman–Crippen LogP) is 4.81. The largest absolute Gasteiger partial charge is 0.467 e. The van der Waals surface area contributed by atoms with Gasteiger partial charge in [-0.2, -0.15) is 0 Å². The van der Waals surface area contributed by atoms with Crippen molar-refractivity contribution >= 4 is 17.7 Å². The third-order valence-electron chi connectivity index (χ3n) is 4.60. The number of ether oxygens (including phenoxy) is 2. The first-order valence-corrected chi connectivity index (χ1v) is 10.2. The molecule has 2 heterocycles. The molecule has 0 saturated heterocycles. The normalized spacial score (nSPS) is 18.7. The third kappa shape index (κ3) is 3.98. The van der Waals surface area contributed by atoms with Gasteiger partial charge in [-0.15, -0.1) is 11.8 Å². The van der Waals surface area contributed by atoms with E-state index in [1.165, 1.54) is 4.90 Å². The fourth-order valence-electron chi connectivity index (χ4n) is 3.25. The summed E-state index contributed by atoms with van der Waals surface area (Å²) in [6.45, 7) is 2.41. The number of aromatic nitrogens is 1. The van der Waals surface area contributed by atoms with Crippen molar-refractivity contribution in [3.05, 3.63) is 83.2 Å². The maximum absolute atomic E-state index is 6.29. The van der Waals surface area contributed by atoms with Crippen LogP contribution in [-0.2, 0) is 15.2 Å². The van der Waals surface area contributed by atoms with Crippen molar-refractivity contribution in [3.8, 4) is 0 Å². The van der Waals surface area contributed by atoms with Crippen LogP contribution in [0.3, 0.4) is 0 Å². The molecule has 3 aromatic rings. The Morgan fingerprint density at radius 3 is 2.46 bits per heavy atom. The molecule has 2 aromatic carbocycles. The van der Waals surface area contributed by atoms with E-state index in [2.05, 4.69) is 29.4 Å². The molecule has 0 bridgehead atoms. The number of hydrogen-bond donors (Lipinski definition) is 0. The molecule has 1 aliphatic rings. The number of methoxy groups -OCH3 is 1. The molecule has 0 radical (unpaired) electrons. The van der Waals surface area contributed by atoms with Crippen LogP contribution in [0.25, 0.3) is 0 Å². The van der Waals surface area contributed by atoms with Gasteiger partial charge in [-0.3, -0.25) is 0 Å². The average Bonchev–Trinajstić information content (AvgIpc) is 3.31. The van der Waals surface area contributed by atoms with Gasteiger partial charge in [0.2, 0.25) is 5.90 Å². The second kappa shape index (κ2) is 8.63. The first-order chi connectivity index (χ1) is 13.8. The zero-order valence-electron chi connectivity index (χ0n) is 15.9. The predicted molar refractivity (Wildman–Crippen MR) is 110 cm³/mol. The van der Waals surface area contributed by atoms with E-state index in [9.17, 15) is 0 Å². The maximum Gasteiger partial charge on any atom is 0.222 e. The highest BCUT2D eigenvalue weighted by Crippen LogP contribution is 2.34. The molecular formula is C22H22N2O3S. The number of rotatable bonds is 7. The first kappa shape index (κ1) is 18.8. The minimum absolute atomic E-state index is 0.105. The second-order valence-electron chi connectivity index (χ2n) is 6.57. The topological polar surface area (TPSA) is 56.9 Å². The van der Waals surface area contributed by atoms with Crippen molar-refractivity contribution < 1.29 is 14.0 Å². The SMILES string of the molecule is COC[C@@H]1N=C(c2c(C)noc2CSc2ccccc2)OC1c1ccccc1. The highest BCUT2D eigenvalue weighted by Gasteiger charge is 2.35. The first-order valence-electron chi connectivity index (χ1n) is 9.18. The molecule has 144 valence electrons. The summed E-state index contributed by atoms with van der Waals surface area (Å²) in [5.41, 5.74) is 2.72. The van der Waals surface area contributed by atoms with Gasteiger partial charge in [0.15, 0.2) is 11.9 Å². The Labute approximate surface area is 168 Å². The van der Waals surface area contributed by atoms with Crippen LogP contribution < -0.4 is 0 Å². The Bertz CT molecular complexity index is 941. The van der Waals surface area contributed by atoms with E-state index in [0.717, 1.165) is 22.6 Å². The van der Waals surface area contributed by atoms with Crippen molar-refractivity contribution in [2.24, 2.45) is 4.99 Å². The zero-order chi connectivity index (χ0) is 19.3. The van der Waals surface area contributed by atoms with E-state index in [0.29, 0.717) is 18.3 Å². The summed E-state index contributed by atoms with van der Waals surface area (Å²) in [6, 6.07) is 20.2. The number of nitrogens with zero attached hydrogens (tertiary/aromatic N) is 2. The number of thioether (sulfide) groups is 1. The maximum atomic E-state index is 6.29. The van der Waals surface area contributed by atoms with Crippen LogP contribution in [0.2, 0.25) is 0 Å². The van der Waals surface area contributed by atoms with E-state index in [-0.39, 0.29) is 12.1 Å². The summed E-state index contributed by atoms with van der Waals surface area (Å²) < 4.78 is 17.3. The fraction of sp³-hybridized carbons (Fsp3) is 0.273. The average molecular weight is 394 g/mol. The molecule has 1 aliphatic heterocycles. The number of aliphatic imine (C=N–C) groups is 1. The van der Waals surface area contributed by atoms with E-state index in [1.807, 2.05) is 43.3 Å². The molecule has 0 amide bonds. The smallest absolute Gasteiger partial charge is 0.222 e. The fourth-order valence-corrected chi connectivity index (χ4v) is 4.10. The minimum Gasteiger partial charge on any atom is -0.467 e. The lowest BCUT2D eigenvalue weighted by molar-refractivity contribution is 0.120. The quantitative estimate of drug-likeness (QED) is 0.538. The summed E-state index contributed by atoms with van der Waals surface area (Å²) in [6.07, 6.45) is -0.180. The molecule has 0 N–H and O–H groups in total. The molecule has 0 aliphatic carbocycles. The van der Waals surface area contributed by atoms with Crippen LogP contribution in [0.1, 0.15) is 28.7 Å². The summed E-state index contributed by atoms with van der Waals surface area (Å²) in [4.78, 5) is 5.99. The molecule has 28 heavy (non-hydrogen) atoms. The monoisotopic (exact) mass is 394 g/mol. The lowest BCUT2D eigenvalue weighted by Gasteiger charge is -2.17. The summed E-state index contributed by atoms with van der Waals surface area (Å²) in [5.74, 6) is 2.02. The third-order valence-corrected chi connectivity index (χ3v) is 5.61. The van der Waals surface area contributed by atoms with E-state index in [1.54, 1.807) is 18.9 Å². The molecular weight excluding hydrogens is 372 g/mol. The van der Waals surface area contributed by atoms with Crippen molar-refractivity contribution in [2.45, 2.75) is 29.7 Å². The highest BCUT2D eigenvalue weighted by atomic mass is 32.2. The number of hydrogen-bond acceptors (Lipinski definition) is 6. The van der Waals surface area contributed by atoms with Crippen LogP contribution in [0.15, 0.2) is 75.1 Å². The van der Waals surface area contributed by atoms with Crippen LogP contribution in [0.4, 0.5) is 0 Å². The molecule has 0 fully saturated rings. The molecule has 1 unspecified atom stereocenters. The van der Waals surface area contributed by atoms with Crippen LogP contribution >= 0.6 is 11.8 Å². The van der Waals surface area contributed by atoms with Gasteiger partial charge in [0.25, 0.3) is 0 Å². The molecule has 1 aromatic heterocycles. The van der Waals surface area contributed by atoms with Crippen molar-refractivity contribution in [1.82, 2.24) is 5.16 Å². The lowest BCUT2D eigenvalue weighted by atomic mass is 10.0. The van der Waals surface area contributed by atoms with E-state index in [4.69, 9.17) is 19.0 Å². The number of aryl methyl sites for hydroxylation is 1. The molecule has 2 atom stereocenters. The molecule has 4 rings (SSSR count). The van der Waals surface area contributed by atoms with Gasteiger partial charge < -0.3 is 14.0 Å². The van der Waals surface area contributed by atoms with Gasteiger partial charge in [-0.1, -0.05) is 53.7 Å². The van der Waals surface area contributed by atoms with Gasteiger partial charge in [0.1, 0.15) is 11.6 Å². The van der Waals surface area contributed by atoms with Crippen molar-refractivity contribution in [1.29, 1.82) is 0 Å². The summed E-state index contributed by atoms with van der Waals surface area (Å²) in [5, 5.41) is 4.16. The van der Waals surface area contributed by atoms with E-state index < -0.39 is 0 Å². The van der Waals surface area contributed by atoms with Crippen molar-refractivity contribution in [2.75, 3.05) is 13.7 Å². The van der Waals surface area contributed by atoms with Crippen molar-refractivity contribution in [3.63, 3.8) is 0 Å². The van der Waals surface area contributed by atoms with Gasteiger partial charge in [0.05, 0.1) is 18.1 Å². The molecule has 5 nitrogen and oxygen atoms in total. The Kier molecular flexibility index (Phi) is 5.78. The van der Waals surface area contributed by atoms with Crippen LogP contribution in [0, 0.1) is 6.92 Å². The van der Waals surface area contributed by atoms with E-state index >= 15 is 0 Å². The second-order valence-corrected chi connectivity index (χ2v) is 7.62. The standard InChI is InChI=1S/C22H22N2O3S/c1-15-20(19(27-24-15)14-28-17-11-7-4-8-12-17)22-23-18(13-25-2)21(26-22)16-9-5-3-6-10-16/h3-12,18,21H,13-14H2,1-2H3/t18-,21?/m0/s1. The van der Waals surface area contributed by atoms with Gasteiger partial charge >= 0.3 is 0 Å². The Balaban J connectivity index is 1.58. The van der Waals surface area contributed by atoms with Crippen LogP contribution in [0.5, 0.6) is 0 Å². The Hall–Kier alpha value is -2.57. The molecule has 0 spiro atoms. The lowest BCUT2D eigenvalue weighted by Crippen LogP contribution is -2.19. The minimum atomic E-state index is -0.180. The highest BCUT2D eigenvalue weighted by molar-refractivity contribution is 7.98. The van der Waals surface area contributed by atoms with Gasteiger partial charge in [-0.05, 0) is 24.6 Å².